The number of carboxylic acids is 1. The quantitative estimate of drug-likeness (QED) is 0.786. The number of carboxylic acid groups (broad SMARTS) is 1. The molecule has 0 aliphatic carbocycles. The predicted octanol–water partition coefficient (Wildman–Crippen LogP) is 0.731. The lowest BCUT2D eigenvalue weighted by Crippen LogP contribution is -2.18. The molecular weight excluding hydrogens is 196 g/mol. The largest absolute Gasteiger partial charge is 0.481 e. The fourth-order valence-corrected chi connectivity index (χ4v) is 0.990. The van der Waals surface area contributed by atoms with Crippen LogP contribution in [-0.4, -0.2) is 32.3 Å². The highest BCUT2D eigenvalue weighted by atomic mass is 19.3. The van der Waals surface area contributed by atoms with Crippen LogP contribution in [0.4, 0.5) is 8.78 Å². The molecule has 0 radical (unpaired) electrons. The molecule has 1 rings (SSSR count). The van der Waals surface area contributed by atoms with E-state index in [1.54, 1.807) is 0 Å². The van der Waals surface area contributed by atoms with E-state index in [4.69, 9.17) is 5.11 Å². The van der Waals surface area contributed by atoms with Crippen molar-refractivity contribution in [2.24, 2.45) is 0 Å². The van der Waals surface area contributed by atoms with E-state index < -0.39 is 24.9 Å². The Morgan fingerprint density at radius 2 is 2.36 bits per heavy atom. The summed E-state index contributed by atoms with van der Waals surface area (Å²) in [6.07, 6.45) is -1.51. The van der Waals surface area contributed by atoms with Crippen molar-refractivity contribution in [1.82, 2.24) is 14.8 Å². The van der Waals surface area contributed by atoms with Gasteiger partial charge in [0.1, 0.15) is 24.6 Å². The number of aliphatic carboxylic acids is 1. The van der Waals surface area contributed by atoms with Crippen molar-refractivity contribution < 1.29 is 18.7 Å². The Morgan fingerprint density at radius 1 is 1.71 bits per heavy atom. The first-order valence-electron chi connectivity index (χ1n) is 3.91. The van der Waals surface area contributed by atoms with Crippen molar-refractivity contribution in [2.45, 2.75) is 25.8 Å². The topological polar surface area (TPSA) is 68.0 Å². The van der Waals surface area contributed by atoms with Gasteiger partial charge in [-0.1, -0.05) is 0 Å². The number of nitrogens with zero attached hydrogens (tertiary/aromatic N) is 3. The molecule has 7 heteroatoms. The second kappa shape index (κ2) is 4.12. The van der Waals surface area contributed by atoms with Crippen LogP contribution < -0.4 is 0 Å². The fourth-order valence-electron chi connectivity index (χ4n) is 0.990. The van der Waals surface area contributed by atoms with Crippen LogP contribution in [0.2, 0.25) is 0 Å². The molecule has 1 aromatic heterocycles. The van der Waals surface area contributed by atoms with Gasteiger partial charge in [0.15, 0.2) is 0 Å². The van der Waals surface area contributed by atoms with E-state index in [2.05, 4.69) is 10.1 Å². The standard InChI is InChI=1S/C7H9F2N3O2/c1-4(7(13)14)6-10-3-11-12(6)2-5(8)9/h3-5H,2H2,1H3,(H,13,14). The van der Waals surface area contributed by atoms with Gasteiger partial charge in [0.2, 0.25) is 0 Å². The molecular formula is C7H9F2N3O2. The third-order valence-corrected chi connectivity index (χ3v) is 1.71. The van der Waals surface area contributed by atoms with Gasteiger partial charge in [-0.2, -0.15) is 5.10 Å². The molecule has 0 spiro atoms. The number of hydrogen-bond donors (Lipinski definition) is 1. The maximum absolute atomic E-state index is 12.0. The van der Waals surface area contributed by atoms with Gasteiger partial charge >= 0.3 is 5.97 Å². The van der Waals surface area contributed by atoms with Crippen LogP contribution in [0, 0.1) is 0 Å². The lowest BCUT2D eigenvalue weighted by Gasteiger charge is -2.07. The van der Waals surface area contributed by atoms with Gasteiger partial charge < -0.3 is 5.11 Å². The normalized spacial score (nSPS) is 13.1. The van der Waals surface area contributed by atoms with E-state index in [1.807, 2.05) is 0 Å². The zero-order valence-electron chi connectivity index (χ0n) is 7.39. The molecule has 1 N–H and O–H groups in total. The molecule has 0 aliphatic rings. The predicted molar refractivity (Wildman–Crippen MR) is 42.1 cm³/mol. The smallest absolute Gasteiger partial charge is 0.313 e. The van der Waals surface area contributed by atoms with Crippen molar-refractivity contribution in [3.8, 4) is 0 Å². The molecule has 0 aromatic carbocycles. The number of aromatic nitrogens is 3. The Morgan fingerprint density at radius 3 is 2.86 bits per heavy atom. The lowest BCUT2D eigenvalue weighted by atomic mass is 10.2. The molecule has 1 aromatic rings. The lowest BCUT2D eigenvalue weighted by molar-refractivity contribution is -0.138. The first-order chi connectivity index (χ1) is 6.52. The summed E-state index contributed by atoms with van der Waals surface area (Å²) < 4.78 is 24.9. The summed E-state index contributed by atoms with van der Waals surface area (Å²) in [7, 11) is 0. The first kappa shape index (κ1) is 10.6. The number of hydrogen-bond acceptors (Lipinski definition) is 3. The molecule has 0 amide bonds. The van der Waals surface area contributed by atoms with Crippen LogP contribution in [0.1, 0.15) is 18.7 Å². The molecule has 0 aliphatic heterocycles. The molecule has 1 atom stereocenters. The highest BCUT2D eigenvalue weighted by Crippen LogP contribution is 2.12. The summed E-state index contributed by atoms with van der Waals surface area (Å²) in [5.74, 6) is -2.01. The van der Waals surface area contributed by atoms with Gasteiger partial charge in [-0.25, -0.2) is 18.4 Å². The van der Waals surface area contributed by atoms with Gasteiger partial charge in [0.25, 0.3) is 6.43 Å². The van der Waals surface area contributed by atoms with Crippen molar-refractivity contribution in [1.29, 1.82) is 0 Å². The van der Waals surface area contributed by atoms with Crippen molar-refractivity contribution in [3.63, 3.8) is 0 Å². The van der Waals surface area contributed by atoms with Crippen LogP contribution in [0.15, 0.2) is 6.33 Å². The highest BCUT2D eigenvalue weighted by molar-refractivity contribution is 5.74. The van der Waals surface area contributed by atoms with Crippen LogP contribution in [0.3, 0.4) is 0 Å². The summed E-state index contributed by atoms with van der Waals surface area (Å²) in [4.78, 5) is 14.2. The van der Waals surface area contributed by atoms with Crippen LogP contribution in [0.5, 0.6) is 0 Å². The van der Waals surface area contributed by atoms with Crippen LogP contribution in [0.25, 0.3) is 0 Å². The molecule has 1 unspecified atom stereocenters. The van der Waals surface area contributed by atoms with Gasteiger partial charge in [-0.3, -0.25) is 4.79 Å². The number of alkyl halides is 2. The third-order valence-electron chi connectivity index (χ3n) is 1.71. The van der Waals surface area contributed by atoms with E-state index in [9.17, 15) is 13.6 Å². The minimum atomic E-state index is -2.57. The molecule has 0 bridgehead atoms. The van der Waals surface area contributed by atoms with E-state index in [1.165, 1.54) is 6.92 Å². The van der Waals surface area contributed by atoms with Crippen LogP contribution in [-0.2, 0) is 11.3 Å². The molecule has 0 fully saturated rings. The zero-order valence-corrected chi connectivity index (χ0v) is 7.39. The van der Waals surface area contributed by atoms with Gasteiger partial charge in [0.05, 0.1) is 0 Å². The third kappa shape index (κ3) is 2.24. The molecule has 1 heterocycles. The number of carbonyl (C=O) groups is 1. The first-order valence-corrected chi connectivity index (χ1v) is 3.91. The number of rotatable bonds is 4. The van der Waals surface area contributed by atoms with Crippen molar-refractivity contribution >= 4 is 5.97 Å². The van der Waals surface area contributed by atoms with E-state index in [0.29, 0.717) is 0 Å². The van der Waals surface area contributed by atoms with E-state index >= 15 is 0 Å². The summed E-state index contributed by atoms with van der Waals surface area (Å²) in [5, 5.41) is 12.2. The monoisotopic (exact) mass is 205 g/mol. The Balaban J connectivity index is 2.86. The van der Waals surface area contributed by atoms with E-state index in [-0.39, 0.29) is 5.82 Å². The maximum atomic E-state index is 12.0. The fraction of sp³-hybridized carbons (Fsp3) is 0.571. The molecule has 0 saturated heterocycles. The Kier molecular flexibility index (Phi) is 3.10. The van der Waals surface area contributed by atoms with E-state index in [0.717, 1.165) is 11.0 Å². The zero-order chi connectivity index (χ0) is 10.7. The maximum Gasteiger partial charge on any atom is 0.313 e. The minimum Gasteiger partial charge on any atom is -0.481 e. The van der Waals surface area contributed by atoms with Gasteiger partial charge in [0, 0.05) is 0 Å². The highest BCUT2D eigenvalue weighted by Gasteiger charge is 2.21. The summed E-state index contributed by atoms with van der Waals surface area (Å²) in [6.45, 7) is 0.737. The Labute approximate surface area is 78.4 Å². The Hall–Kier alpha value is -1.53. The Bertz CT molecular complexity index is 326. The van der Waals surface area contributed by atoms with Crippen molar-refractivity contribution in [3.05, 3.63) is 12.2 Å². The SMILES string of the molecule is CC(C(=O)O)c1ncnn1CC(F)F. The summed E-state index contributed by atoms with van der Waals surface area (Å²) in [5.41, 5.74) is 0. The molecule has 5 nitrogen and oxygen atoms in total. The summed E-state index contributed by atoms with van der Waals surface area (Å²) in [6, 6.07) is 0. The average molecular weight is 205 g/mol. The molecule has 78 valence electrons. The van der Waals surface area contributed by atoms with Gasteiger partial charge in [-0.15, -0.1) is 0 Å². The van der Waals surface area contributed by atoms with Crippen LogP contribution >= 0.6 is 0 Å². The second-order valence-electron chi connectivity index (χ2n) is 2.75. The molecule has 0 saturated carbocycles. The average Bonchev–Trinajstić information content (AvgIpc) is 2.49. The molecule has 14 heavy (non-hydrogen) atoms. The minimum absolute atomic E-state index is 0.0396. The van der Waals surface area contributed by atoms with Gasteiger partial charge in [-0.05, 0) is 6.92 Å². The second-order valence-corrected chi connectivity index (χ2v) is 2.75. The van der Waals surface area contributed by atoms with Crippen molar-refractivity contribution in [2.75, 3.05) is 0 Å². The summed E-state index contributed by atoms with van der Waals surface area (Å²) >= 11 is 0. The number of halogens is 2.